The average Bonchev–Trinajstić information content (AvgIpc) is 3.35. The Kier molecular flexibility index (Phi) is 8.48. The number of rotatable bonds is 7. The fourth-order valence-electron chi connectivity index (χ4n) is 6.46. The minimum absolute atomic E-state index is 0.0690. The molecular formula is C32H34ClFN6O3. The van der Waals surface area contributed by atoms with Crippen LogP contribution >= 0.6 is 11.6 Å². The number of hydrogen-bond donors (Lipinski definition) is 0. The van der Waals surface area contributed by atoms with Crippen LogP contribution in [0, 0.1) is 11.3 Å². The first kappa shape index (κ1) is 29.3. The van der Waals surface area contributed by atoms with Crippen molar-refractivity contribution in [2.24, 2.45) is 0 Å². The van der Waals surface area contributed by atoms with Crippen LogP contribution in [-0.2, 0) is 22.6 Å². The number of likely N-dealkylation sites (N-methyl/N-ethyl adjacent to an activating group) is 1. The minimum Gasteiger partial charge on any atom is -0.462 e. The van der Waals surface area contributed by atoms with Crippen molar-refractivity contribution in [3.05, 3.63) is 70.9 Å². The molecule has 0 saturated carbocycles. The summed E-state index contributed by atoms with van der Waals surface area (Å²) >= 11 is 6.65. The second-order valence-corrected chi connectivity index (χ2v) is 11.8. The molecule has 0 bridgehead atoms. The lowest BCUT2D eigenvalue weighted by Gasteiger charge is -2.42. The number of carbonyl (C=O) groups is 1. The molecule has 2 saturated heterocycles. The van der Waals surface area contributed by atoms with Crippen molar-refractivity contribution >= 4 is 34.1 Å². The van der Waals surface area contributed by atoms with E-state index in [9.17, 15) is 14.4 Å². The first-order valence-electron chi connectivity index (χ1n) is 14.6. The van der Waals surface area contributed by atoms with E-state index >= 15 is 0 Å². The standard InChI is InChI=1S/C32H34ClFN6O3/c1-3-29(41)40-13-12-39(17-22(40)10-11-35)31-25-19-42-28(24-8-4-6-20-7-5-9-26(33)30(20)24)15-27(25)36-32(37-31)43-18-23-14-21(34)16-38(23)2/h3-9,21-23,28H,1,10,12-19H2,2H3/t21-,22-,23-,28?/m0/s1. The number of alkyl halides is 1. The van der Waals surface area contributed by atoms with Crippen molar-refractivity contribution < 1.29 is 18.7 Å². The van der Waals surface area contributed by atoms with E-state index in [0.717, 1.165) is 27.6 Å². The van der Waals surface area contributed by atoms with Crippen LogP contribution in [0.4, 0.5) is 10.2 Å². The molecule has 0 aliphatic carbocycles. The van der Waals surface area contributed by atoms with Crippen molar-refractivity contribution in [1.29, 1.82) is 5.26 Å². The van der Waals surface area contributed by atoms with Crippen LogP contribution in [0.2, 0.25) is 5.02 Å². The van der Waals surface area contributed by atoms with Gasteiger partial charge in [0.05, 0.1) is 36.9 Å². The van der Waals surface area contributed by atoms with Crippen LogP contribution in [0.3, 0.4) is 0 Å². The Morgan fingerprint density at radius 2 is 2.05 bits per heavy atom. The molecule has 0 N–H and O–H groups in total. The van der Waals surface area contributed by atoms with Crippen molar-refractivity contribution in [3.8, 4) is 12.1 Å². The van der Waals surface area contributed by atoms with Gasteiger partial charge in [0.1, 0.15) is 18.6 Å². The van der Waals surface area contributed by atoms with Gasteiger partial charge in [0.2, 0.25) is 5.91 Å². The number of anilines is 1. The van der Waals surface area contributed by atoms with Gasteiger partial charge in [-0.2, -0.15) is 15.2 Å². The SMILES string of the molecule is C=CC(=O)N1CCN(c2nc(OC[C@@H]3C[C@H](F)CN3C)nc3c2COC(c2cccc4cccc(Cl)c24)C3)C[C@@H]1CC#N. The number of piperazine rings is 1. The number of likely N-dealkylation sites (tertiary alicyclic amines) is 1. The first-order chi connectivity index (χ1) is 20.9. The van der Waals surface area contributed by atoms with Crippen molar-refractivity contribution in [1.82, 2.24) is 19.8 Å². The van der Waals surface area contributed by atoms with Gasteiger partial charge in [-0.3, -0.25) is 9.69 Å². The Morgan fingerprint density at radius 3 is 2.79 bits per heavy atom. The number of nitrogens with zero attached hydrogens (tertiary/aromatic N) is 6. The van der Waals surface area contributed by atoms with E-state index in [2.05, 4.69) is 17.5 Å². The van der Waals surface area contributed by atoms with Crippen LogP contribution in [0.5, 0.6) is 6.01 Å². The molecule has 0 spiro atoms. The highest BCUT2D eigenvalue weighted by Gasteiger charge is 2.35. The molecule has 224 valence electrons. The summed E-state index contributed by atoms with van der Waals surface area (Å²) in [6, 6.07) is 14.0. The quantitative estimate of drug-likeness (QED) is 0.360. The minimum atomic E-state index is -0.879. The van der Waals surface area contributed by atoms with Crippen LogP contribution in [0.15, 0.2) is 49.1 Å². The van der Waals surface area contributed by atoms with Crippen LogP contribution in [0.25, 0.3) is 10.8 Å². The summed E-state index contributed by atoms with van der Waals surface area (Å²) < 4.78 is 26.6. The summed E-state index contributed by atoms with van der Waals surface area (Å²) in [5.41, 5.74) is 2.66. The van der Waals surface area contributed by atoms with Gasteiger partial charge in [-0.25, -0.2) is 4.39 Å². The lowest BCUT2D eigenvalue weighted by Crippen LogP contribution is -2.55. The predicted molar refractivity (Wildman–Crippen MR) is 162 cm³/mol. The molecule has 2 aromatic carbocycles. The average molecular weight is 605 g/mol. The predicted octanol–water partition coefficient (Wildman–Crippen LogP) is 4.64. The van der Waals surface area contributed by atoms with Gasteiger partial charge in [-0.1, -0.05) is 48.5 Å². The molecular weight excluding hydrogens is 571 g/mol. The van der Waals surface area contributed by atoms with Gasteiger partial charge in [-0.05, 0) is 36.6 Å². The van der Waals surface area contributed by atoms with E-state index in [0.29, 0.717) is 49.9 Å². The first-order valence-corrected chi connectivity index (χ1v) is 14.9. The van der Waals surface area contributed by atoms with Crippen LogP contribution in [-0.4, -0.2) is 83.8 Å². The highest BCUT2D eigenvalue weighted by atomic mass is 35.5. The van der Waals surface area contributed by atoms with Gasteiger partial charge < -0.3 is 19.3 Å². The maximum Gasteiger partial charge on any atom is 0.318 e. The molecule has 3 aliphatic heterocycles. The molecule has 4 heterocycles. The molecule has 1 unspecified atom stereocenters. The lowest BCUT2D eigenvalue weighted by atomic mass is 9.94. The number of fused-ring (bicyclic) bond motifs is 2. The van der Waals surface area contributed by atoms with E-state index < -0.39 is 6.17 Å². The van der Waals surface area contributed by atoms with E-state index in [4.69, 9.17) is 31.0 Å². The number of hydrogen-bond acceptors (Lipinski definition) is 8. The van der Waals surface area contributed by atoms with Gasteiger partial charge in [0.25, 0.3) is 0 Å². The normalized spacial score (nSPS) is 24.0. The van der Waals surface area contributed by atoms with E-state index in [1.807, 2.05) is 48.3 Å². The molecule has 6 rings (SSSR count). The van der Waals surface area contributed by atoms with Crippen molar-refractivity contribution in [3.63, 3.8) is 0 Å². The number of benzene rings is 2. The number of aromatic nitrogens is 2. The second-order valence-electron chi connectivity index (χ2n) is 11.4. The molecule has 2 fully saturated rings. The van der Waals surface area contributed by atoms with Crippen molar-refractivity contribution in [2.45, 2.75) is 50.2 Å². The van der Waals surface area contributed by atoms with Crippen LogP contribution in [0.1, 0.15) is 35.8 Å². The summed E-state index contributed by atoms with van der Waals surface area (Å²) in [6.07, 6.45) is 1.20. The van der Waals surface area contributed by atoms with Crippen LogP contribution < -0.4 is 9.64 Å². The Hall–Kier alpha value is -3.78. The van der Waals surface area contributed by atoms with Gasteiger partial charge in [-0.15, -0.1) is 0 Å². The zero-order valence-electron chi connectivity index (χ0n) is 24.1. The smallest absolute Gasteiger partial charge is 0.318 e. The second kappa shape index (κ2) is 12.4. The molecule has 11 heteroatoms. The summed E-state index contributed by atoms with van der Waals surface area (Å²) in [4.78, 5) is 27.9. The molecule has 1 amide bonds. The zero-order chi connectivity index (χ0) is 30.1. The summed E-state index contributed by atoms with van der Waals surface area (Å²) in [7, 11) is 1.89. The highest BCUT2D eigenvalue weighted by Crippen LogP contribution is 2.39. The maximum absolute atomic E-state index is 14.0. The Labute approximate surface area is 255 Å². The van der Waals surface area contributed by atoms with E-state index in [1.165, 1.54) is 6.08 Å². The fraction of sp³-hybridized carbons (Fsp3) is 0.438. The fourth-order valence-corrected chi connectivity index (χ4v) is 6.75. The monoisotopic (exact) mass is 604 g/mol. The lowest BCUT2D eigenvalue weighted by molar-refractivity contribution is -0.128. The topological polar surface area (TPSA) is 94.8 Å². The van der Waals surface area contributed by atoms with Gasteiger partial charge in [0, 0.05) is 54.6 Å². The Bertz CT molecular complexity index is 1580. The summed E-state index contributed by atoms with van der Waals surface area (Å²) in [5, 5.41) is 12.1. The molecule has 4 atom stereocenters. The third kappa shape index (κ3) is 5.90. The number of nitriles is 1. The molecule has 1 aromatic heterocycles. The zero-order valence-corrected chi connectivity index (χ0v) is 24.8. The third-order valence-electron chi connectivity index (χ3n) is 8.70. The maximum atomic E-state index is 14.0. The number of ether oxygens (including phenoxy) is 2. The third-order valence-corrected chi connectivity index (χ3v) is 9.01. The number of halogens is 2. The Morgan fingerprint density at radius 1 is 1.23 bits per heavy atom. The summed E-state index contributed by atoms with van der Waals surface area (Å²) in [5.74, 6) is 0.478. The Balaban J connectivity index is 1.34. The van der Waals surface area contributed by atoms with Gasteiger partial charge >= 0.3 is 6.01 Å². The molecule has 0 radical (unpaired) electrons. The number of carbonyl (C=O) groups excluding carboxylic acids is 1. The van der Waals surface area contributed by atoms with Crippen molar-refractivity contribution in [2.75, 3.05) is 44.7 Å². The molecule has 3 aromatic rings. The number of amides is 1. The largest absolute Gasteiger partial charge is 0.462 e. The molecule has 43 heavy (non-hydrogen) atoms. The van der Waals surface area contributed by atoms with E-state index in [-0.39, 0.29) is 49.7 Å². The van der Waals surface area contributed by atoms with Gasteiger partial charge in [0.15, 0.2) is 0 Å². The molecule has 3 aliphatic rings. The summed E-state index contributed by atoms with van der Waals surface area (Å²) in [6.45, 7) is 5.91. The molecule has 9 nitrogen and oxygen atoms in total. The highest BCUT2D eigenvalue weighted by molar-refractivity contribution is 6.35. The van der Waals surface area contributed by atoms with E-state index in [1.54, 1.807) is 4.90 Å².